The molecular formula is C24H33NO5Si. The molecule has 1 saturated heterocycles. The number of esters is 1. The highest BCUT2D eigenvalue weighted by molar-refractivity contribution is 6.99. The molecule has 1 atom stereocenters. The minimum absolute atomic E-state index is 0.0167. The fraction of sp³-hybridized carbons (Fsp3) is 0.458. The van der Waals surface area contributed by atoms with Crippen molar-refractivity contribution in [1.82, 2.24) is 4.90 Å². The van der Waals surface area contributed by atoms with Crippen molar-refractivity contribution < 1.29 is 23.8 Å². The zero-order valence-electron chi connectivity index (χ0n) is 18.8. The average molecular weight is 444 g/mol. The number of carbonyl (C=O) groups is 1. The molecule has 1 N–H and O–H groups in total. The number of aliphatic hydroxyl groups excluding tert-OH is 1. The standard InChI is InChI=1S/C24H33NO5Si/c1-24(2,3)31(20-11-7-5-8-12-20,21-13-9-6-10-14-21)30-18-29-19-15-25(16-19)17-22(26)23(27)28-4/h5-14,19,22,26H,15-18H2,1-4H3/t22-/m0/s1. The molecule has 3 rings (SSSR count). The maximum absolute atomic E-state index is 11.4. The Morgan fingerprint density at radius 3 is 2.03 bits per heavy atom. The number of benzene rings is 2. The van der Waals surface area contributed by atoms with E-state index in [4.69, 9.17) is 9.16 Å². The number of hydrogen-bond acceptors (Lipinski definition) is 6. The average Bonchev–Trinajstić information content (AvgIpc) is 2.74. The summed E-state index contributed by atoms with van der Waals surface area (Å²) in [5.41, 5.74) is 0. The van der Waals surface area contributed by atoms with Crippen molar-refractivity contribution in [2.24, 2.45) is 0 Å². The van der Waals surface area contributed by atoms with Crippen LogP contribution < -0.4 is 10.4 Å². The normalized spacial score (nSPS) is 16.5. The van der Waals surface area contributed by atoms with E-state index in [1.54, 1.807) is 0 Å². The molecule has 0 radical (unpaired) electrons. The molecule has 1 aliphatic heterocycles. The summed E-state index contributed by atoms with van der Waals surface area (Å²) in [5.74, 6) is -0.612. The van der Waals surface area contributed by atoms with Gasteiger partial charge in [-0.15, -0.1) is 0 Å². The number of nitrogens with zero attached hydrogens (tertiary/aromatic N) is 1. The van der Waals surface area contributed by atoms with E-state index in [1.165, 1.54) is 17.5 Å². The van der Waals surface area contributed by atoms with Crippen molar-refractivity contribution in [3.8, 4) is 0 Å². The number of carbonyl (C=O) groups excluding carboxylic acids is 1. The molecule has 7 heteroatoms. The van der Waals surface area contributed by atoms with Gasteiger partial charge in [-0.2, -0.15) is 0 Å². The summed E-state index contributed by atoms with van der Waals surface area (Å²) in [6.45, 7) is 8.46. The van der Waals surface area contributed by atoms with Crippen LogP contribution in [-0.4, -0.2) is 70.0 Å². The minimum atomic E-state index is -2.61. The quantitative estimate of drug-likeness (QED) is 0.362. The van der Waals surface area contributed by atoms with E-state index in [9.17, 15) is 9.90 Å². The van der Waals surface area contributed by atoms with Crippen molar-refractivity contribution in [2.45, 2.75) is 38.0 Å². The summed E-state index contributed by atoms with van der Waals surface area (Å²) in [4.78, 5) is 13.3. The second kappa shape index (κ2) is 10.1. The third kappa shape index (κ3) is 5.24. The summed E-state index contributed by atoms with van der Waals surface area (Å²) in [7, 11) is -1.33. The smallest absolute Gasteiger partial charge is 0.336 e. The molecule has 0 amide bonds. The molecular weight excluding hydrogens is 410 g/mol. The third-order valence-electron chi connectivity index (χ3n) is 5.82. The zero-order valence-corrected chi connectivity index (χ0v) is 19.8. The summed E-state index contributed by atoms with van der Waals surface area (Å²) in [6.07, 6.45) is -1.11. The fourth-order valence-electron chi connectivity index (χ4n) is 4.21. The molecule has 0 aromatic heterocycles. The van der Waals surface area contributed by atoms with Gasteiger partial charge >= 0.3 is 5.97 Å². The molecule has 1 aliphatic rings. The van der Waals surface area contributed by atoms with Crippen LogP contribution in [0.1, 0.15) is 20.8 Å². The van der Waals surface area contributed by atoms with E-state index >= 15 is 0 Å². The van der Waals surface area contributed by atoms with Crippen molar-refractivity contribution >= 4 is 24.7 Å². The Kier molecular flexibility index (Phi) is 7.67. The molecule has 2 aromatic carbocycles. The Balaban J connectivity index is 1.68. The van der Waals surface area contributed by atoms with Gasteiger partial charge in [0.25, 0.3) is 8.32 Å². The van der Waals surface area contributed by atoms with Crippen LogP contribution in [0.25, 0.3) is 0 Å². The van der Waals surface area contributed by atoms with E-state index in [2.05, 4.69) is 74.0 Å². The number of hydrogen-bond donors (Lipinski definition) is 1. The first-order valence-electron chi connectivity index (χ1n) is 10.6. The highest BCUT2D eigenvalue weighted by atomic mass is 28.4. The number of aliphatic hydroxyl groups is 1. The Hall–Kier alpha value is -2.03. The zero-order chi connectivity index (χ0) is 22.5. The van der Waals surface area contributed by atoms with Gasteiger partial charge in [0.05, 0.1) is 13.2 Å². The van der Waals surface area contributed by atoms with Gasteiger partial charge in [-0.25, -0.2) is 4.79 Å². The number of methoxy groups -OCH3 is 1. The molecule has 168 valence electrons. The van der Waals surface area contributed by atoms with Crippen LogP contribution in [0, 0.1) is 0 Å². The van der Waals surface area contributed by atoms with E-state index < -0.39 is 20.4 Å². The largest absolute Gasteiger partial charge is 0.467 e. The molecule has 0 bridgehead atoms. The lowest BCUT2D eigenvalue weighted by Crippen LogP contribution is -2.67. The van der Waals surface area contributed by atoms with Crippen LogP contribution in [-0.2, 0) is 18.7 Å². The van der Waals surface area contributed by atoms with Crippen LogP contribution >= 0.6 is 0 Å². The Bertz CT molecular complexity index is 795. The van der Waals surface area contributed by atoms with Gasteiger partial charge < -0.3 is 19.0 Å². The van der Waals surface area contributed by atoms with Crippen molar-refractivity contribution in [3.63, 3.8) is 0 Å². The van der Waals surface area contributed by atoms with Crippen LogP contribution in [0.15, 0.2) is 60.7 Å². The first-order chi connectivity index (χ1) is 14.8. The Labute approximate surface area is 185 Å². The summed E-state index contributed by atoms with van der Waals surface area (Å²) in [6, 6.07) is 20.9. The molecule has 0 saturated carbocycles. The molecule has 0 spiro atoms. The van der Waals surface area contributed by atoms with E-state index in [0.29, 0.717) is 13.1 Å². The van der Waals surface area contributed by atoms with Gasteiger partial charge in [-0.3, -0.25) is 4.90 Å². The minimum Gasteiger partial charge on any atom is -0.467 e. The summed E-state index contributed by atoms with van der Waals surface area (Å²) >= 11 is 0. The third-order valence-corrected chi connectivity index (χ3v) is 10.8. The van der Waals surface area contributed by atoms with E-state index in [1.807, 2.05) is 17.0 Å². The second-order valence-electron chi connectivity index (χ2n) is 8.97. The summed E-state index contributed by atoms with van der Waals surface area (Å²) in [5, 5.41) is 12.1. The molecule has 6 nitrogen and oxygen atoms in total. The van der Waals surface area contributed by atoms with Gasteiger partial charge in [0.15, 0.2) is 6.10 Å². The van der Waals surface area contributed by atoms with Gasteiger partial charge in [0.2, 0.25) is 0 Å². The van der Waals surface area contributed by atoms with Crippen molar-refractivity contribution in [3.05, 3.63) is 60.7 Å². The topological polar surface area (TPSA) is 68.2 Å². The highest BCUT2D eigenvalue weighted by Crippen LogP contribution is 2.36. The monoisotopic (exact) mass is 443 g/mol. The number of likely N-dealkylation sites (tertiary alicyclic amines) is 1. The lowest BCUT2D eigenvalue weighted by Gasteiger charge is -2.44. The number of β-amino-alcohol motifs (C(OH)–C–C–N with tert-alkyl or cyclic N) is 1. The lowest BCUT2D eigenvalue weighted by atomic mass is 10.1. The Morgan fingerprint density at radius 1 is 1.06 bits per heavy atom. The number of rotatable bonds is 9. The Morgan fingerprint density at radius 2 is 1.58 bits per heavy atom. The highest BCUT2D eigenvalue weighted by Gasteiger charge is 2.50. The van der Waals surface area contributed by atoms with E-state index in [-0.39, 0.29) is 24.5 Å². The molecule has 2 aromatic rings. The summed E-state index contributed by atoms with van der Waals surface area (Å²) < 4.78 is 17.3. The van der Waals surface area contributed by atoms with Crippen LogP contribution in [0.2, 0.25) is 5.04 Å². The van der Waals surface area contributed by atoms with Crippen LogP contribution in [0.3, 0.4) is 0 Å². The molecule has 0 unspecified atom stereocenters. The second-order valence-corrected chi connectivity index (χ2v) is 13.3. The fourth-order valence-corrected chi connectivity index (χ4v) is 8.61. The first-order valence-corrected chi connectivity index (χ1v) is 12.5. The first kappa shape index (κ1) is 23.6. The molecule has 1 heterocycles. The molecule has 0 aliphatic carbocycles. The predicted octanol–water partition coefficient (Wildman–Crippen LogP) is 1.76. The molecule has 1 fully saturated rings. The van der Waals surface area contributed by atoms with E-state index in [0.717, 1.165) is 0 Å². The maximum atomic E-state index is 11.4. The van der Waals surface area contributed by atoms with Gasteiger partial charge in [0.1, 0.15) is 6.79 Å². The van der Waals surface area contributed by atoms with Crippen molar-refractivity contribution in [2.75, 3.05) is 33.5 Å². The van der Waals surface area contributed by atoms with Crippen LogP contribution in [0.4, 0.5) is 0 Å². The predicted molar refractivity (Wildman–Crippen MR) is 123 cm³/mol. The maximum Gasteiger partial charge on any atom is 0.336 e. The van der Waals surface area contributed by atoms with Crippen LogP contribution in [0.5, 0.6) is 0 Å². The number of ether oxygens (including phenoxy) is 2. The molecule has 31 heavy (non-hydrogen) atoms. The van der Waals surface area contributed by atoms with Gasteiger partial charge in [-0.05, 0) is 15.4 Å². The lowest BCUT2D eigenvalue weighted by molar-refractivity contribution is -0.155. The SMILES string of the molecule is COC(=O)[C@@H](O)CN1CC(OCO[Si](c2ccccc2)(c2ccccc2)C(C)(C)C)C1. The van der Waals surface area contributed by atoms with Crippen molar-refractivity contribution in [1.29, 1.82) is 0 Å². The van der Waals surface area contributed by atoms with Gasteiger partial charge in [0, 0.05) is 19.6 Å². The van der Waals surface area contributed by atoms with Gasteiger partial charge in [-0.1, -0.05) is 81.4 Å².